The van der Waals surface area contributed by atoms with E-state index in [1.54, 1.807) is 0 Å². The van der Waals surface area contributed by atoms with Crippen LogP contribution in [0.25, 0.3) is 0 Å². The average Bonchev–Trinajstić information content (AvgIpc) is 2.47. The van der Waals surface area contributed by atoms with E-state index in [4.69, 9.17) is 0 Å². The monoisotopic (exact) mass is 262 g/mol. The molecule has 3 nitrogen and oxygen atoms in total. The predicted molar refractivity (Wildman–Crippen MR) is 79.4 cm³/mol. The number of aliphatic hydroxyl groups is 1. The van der Waals surface area contributed by atoms with Crippen molar-refractivity contribution in [3.63, 3.8) is 0 Å². The molecule has 2 rings (SSSR count). The van der Waals surface area contributed by atoms with Gasteiger partial charge in [-0.2, -0.15) is 0 Å². The molecule has 1 saturated heterocycles. The number of benzene rings is 1. The van der Waals surface area contributed by atoms with Gasteiger partial charge in [0.15, 0.2) is 0 Å². The van der Waals surface area contributed by atoms with Crippen molar-refractivity contribution in [1.82, 2.24) is 10.2 Å². The molecule has 2 N–H and O–H groups in total. The number of hydrogen-bond donors (Lipinski definition) is 2. The molecule has 1 aromatic carbocycles. The molecule has 1 unspecified atom stereocenters. The van der Waals surface area contributed by atoms with Gasteiger partial charge in [-0.3, -0.25) is 4.90 Å². The quantitative estimate of drug-likeness (QED) is 0.870. The highest BCUT2D eigenvalue weighted by molar-refractivity contribution is 5.35. The fourth-order valence-corrected chi connectivity index (χ4v) is 2.83. The van der Waals surface area contributed by atoms with Gasteiger partial charge in [-0.05, 0) is 18.1 Å². The lowest BCUT2D eigenvalue weighted by Gasteiger charge is -2.36. The molecule has 1 atom stereocenters. The van der Waals surface area contributed by atoms with E-state index < -0.39 is 0 Å². The normalized spacial score (nSPS) is 19.4. The smallest absolute Gasteiger partial charge is 0.0522 e. The van der Waals surface area contributed by atoms with Gasteiger partial charge in [0.1, 0.15) is 0 Å². The zero-order chi connectivity index (χ0) is 13.9. The summed E-state index contributed by atoms with van der Waals surface area (Å²) in [5.41, 5.74) is 2.44. The fraction of sp³-hybridized carbons (Fsp3) is 0.625. The third kappa shape index (κ3) is 3.16. The number of nitrogens with one attached hydrogen (secondary N) is 1. The molecule has 3 heteroatoms. The molecule has 0 radical (unpaired) electrons. The van der Waals surface area contributed by atoms with Gasteiger partial charge < -0.3 is 10.4 Å². The van der Waals surface area contributed by atoms with Crippen LogP contribution in [0.3, 0.4) is 0 Å². The van der Waals surface area contributed by atoms with Crippen molar-refractivity contribution >= 4 is 0 Å². The van der Waals surface area contributed by atoms with Crippen molar-refractivity contribution in [3.8, 4) is 0 Å². The third-order valence-corrected chi connectivity index (χ3v) is 4.23. The summed E-state index contributed by atoms with van der Waals surface area (Å²) in [6.07, 6.45) is 0. The van der Waals surface area contributed by atoms with E-state index in [-0.39, 0.29) is 12.0 Å². The minimum absolute atomic E-state index is 0.179. The molecular formula is C16H26N2O. The zero-order valence-corrected chi connectivity index (χ0v) is 12.3. The average molecular weight is 262 g/mol. The Morgan fingerprint density at radius 3 is 2.53 bits per heavy atom. The summed E-state index contributed by atoms with van der Waals surface area (Å²) in [5.74, 6) is 0. The Morgan fingerprint density at radius 1 is 1.26 bits per heavy atom. The molecule has 1 aromatic rings. The SMILES string of the molecule is CC(c1ccccc1C(C)(C)CO)N1CCNCC1. The van der Waals surface area contributed by atoms with Crippen LogP contribution in [0.5, 0.6) is 0 Å². The van der Waals surface area contributed by atoms with E-state index in [1.807, 2.05) is 0 Å². The lowest BCUT2D eigenvalue weighted by atomic mass is 9.80. The summed E-state index contributed by atoms with van der Waals surface area (Å²) in [6, 6.07) is 8.94. The van der Waals surface area contributed by atoms with Gasteiger partial charge in [0, 0.05) is 37.6 Å². The van der Waals surface area contributed by atoms with E-state index in [2.05, 4.69) is 55.3 Å². The molecule has 0 bridgehead atoms. The Balaban J connectivity index is 2.28. The van der Waals surface area contributed by atoms with E-state index in [0.717, 1.165) is 26.2 Å². The summed E-state index contributed by atoms with van der Waals surface area (Å²) in [7, 11) is 0. The Hall–Kier alpha value is -0.900. The number of hydrogen-bond acceptors (Lipinski definition) is 3. The molecule has 19 heavy (non-hydrogen) atoms. The van der Waals surface area contributed by atoms with Gasteiger partial charge in [0.05, 0.1) is 6.61 Å². The molecule has 0 amide bonds. The van der Waals surface area contributed by atoms with Gasteiger partial charge in [0.25, 0.3) is 0 Å². The molecule has 0 spiro atoms. The number of piperazine rings is 1. The Bertz CT molecular complexity index is 411. The Kier molecular flexibility index (Phi) is 4.61. The number of aliphatic hydroxyl groups excluding tert-OH is 1. The van der Waals surface area contributed by atoms with Crippen LogP contribution < -0.4 is 5.32 Å². The first-order chi connectivity index (χ1) is 9.06. The van der Waals surface area contributed by atoms with Crippen LogP contribution in [0.15, 0.2) is 24.3 Å². The highest BCUT2D eigenvalue weighted by Crippen LogP contribution is 2.32. The van der Waals surface area contributed by atoms with Crippen LogP contribution >= 0.6 is 0 Å². The van der Waals surface area contributed by atoms with Crippen molar-refractivity contribution in [3.05, 3.63) is 35.4 Å². The van der Waals surface area contributed by atoms with Gasteiger partial charge in [-0.1, -0.05) is 38.1 Å². The molecule has 0 aromatic heterocycles. The second-order valence-electron chi connectivity index (χ2n) is 6.09. The van der Waals surface area contributed by atoms with Gasteiger partial charge in [-0.25, -0.2) is 0 Å². The van der Waals surface area contributed by atoms with E-state index in [1.165, 1.54) is 11.1 Å². The molecule has 1 fully saturated rings. The lowest BCUT2D eigenvalue weighted by Crippen LogP contribution is -2.44. The Morgan fingerprint density at radius 2 is 1.89 bits per heavy atom. The minimum atomic E-state index is -0.182. The standard InChI is InChI=1S/C16H26N2O/c1-13(18-10-8-17-9-11-18)14-6-4-5-7-15(14)16(2,3)12-19/h4-7,13,17,19H,8-12H2,1-3H3. The third-order valence-electron chi connectivity index (χ3n) is 4.23. The largest absolute Gasteiger partial charge is 0.395 e. The maximum Gasteiger partial charge on any atom is 0.0522 e. The summed E-state index contributed by atoms with van der Waals surface area (Å²) in [4.78, 5) is 2.52. The maximum absolute atomic E-state index is 9.64. The number of rotatable bonds is 4. The molecule has 106 valence electrons. The van der Waals surface area contributed by atoms with Crippen molar-refractivity contribution in [2.45, 2.75) is 32.2 Å². The topological polar surface area (TPSA) is 35.5 Å². The maximum atomic E-state index is 9.64. The molecule has 1 heterocycles. The first kappa shape index (κ1) is 14.5. The van der Waals surface area contributed by atoms with E-state index in [0.29, 0.717) is 6.04 Å². The van der Waals surface area contributed by atoms with Crippen LogP contribution in [0.2, 0.25) is 0 Å². The van der Waals surface area contributed by atoms with Crippen LogP contribution in [0.4, 0.5) is 0 Å². The lowest BCUT2D eigenvalue weighted by molar-refractivity contribution is 0.179. The molecular weight excluding hydrogens is 236 g/mol. The van der Waals surface area contributed by atoms with Gasteiger partial charge >= 0.3 is 0 Å². The van der Waals surface area contributed by atoms with E-state index in [9.17, 15) is 5.11 Å². The molecule has 1 aliphatic heterocycles. The highest BCUT2D eigenvalue weighted by Gasteiger charge is 2.27. The first-order valence-electron chi connectivity index (χ1n) is 7.21. The summed E-state index contributed by atoms with van der Waals surface area (Å²) < 4.78 is 0. The van der Waals surface area contributed by atoms with Crippen LogP contribution in [0, 0.1) is 0 Å². The van der Waals surface area contributed by atoms with Crippen molar-refractivity contribution in [2.24, 2.45) is 0 Å². The molecule has 1 aliphatic rings. The number of nitrogens with zero attached hydrogens (tertiary/aromatic N) is 1. The molecule has 0 aliphatic carbocycles. The van der Waals surface area contributed by atoms with Crippen LogP contribution in [-0.4, -0.2) is 42.8 Å². The van der Waals surface area contributed by atoms with Crippen molar-refractivity contribution in [2.75, 3.05) is 32.8 Å². The molecule has 0 saturated carbocycles. The zero-order valence-electron chi connectivity index (χ0n) is 12.3. The predicted octanol–water partition coefficient (Wildman–Crippen LogP) is 1.92. The van der Waals surface area contributed by atoms with Crippen LogP contribution in [-0.2, 0) is 5.41 Å². The Labute approximate surface area is 116 Å². The van der Waals surface area contributed by atoms with Gasteiger partial charge in [0.2, 0.25) is 0 Å². The summed E-state index contributed by atoms with van der Waals surface area (Å²) in [5, 5.41) is 13.0. The second kappa shape index (κ2) is 6.04. The minimum Gasteiger partial charge on any atom is -0.395 e. The van der Waals surface area contributed by atoms with Crippen LogP contribution in [0.1, 0.15) is 37.9 Å². The highest BCUT2D eigenvalue weighted by atomic mass is 16.3. The van der Waals surface area contributed by atoms with Crippen molar-refractivity contribution < 1.29 is 5.11 Å². The summed E-state index contributed by atoms with van der Waals surface area (Å²) in [6.45, 7) is 11.0. The fourth-order valence-electron chi connectivity index (χ4n) is 2.83. The van der Waals surface area contributed by atoms with Gasteiger partial charge in [-0.15, -0.1) is 0 Å². The first-order valence-corrected chi connectivity index (χ1v) is 7.21. The summed E-state index contributed by atoms with van der Waals surface area (Å²) >= 11 is 0. The second-order valence-corrected chi connectivity index (χ2v) is 6.09. The van der Waals surface area contributed by atoms with E-state index >= 15 is 0 Å². The van der Waals surface area contributed by atoms with Crippen molar-refractivity contribution in [1.29, 1.82) is 0 Å².